The van der Waals surface area contributed by atoms with Gasteiger partial charge in [-0.15, -0.1) is 0 Å². The van der Waals surface area contributed by atoms with Gasteiger partial charge in [0.15, 0.2) is 0 Å². The number of carbonyl (C=O) groups is 1. The molecule has 0 aliphatic heterocycles. The van der Waals surface area contributed by atoms with Crippen LogP contribution in [0.1, 0.15) is 361 Å². The fourth-order valence-electron chi connectivity index (χ4n) is 10.6. The molecule has 0 rings (SSSR count). The molecule has 78 heavy (non-hydrogen) atoms. The Hall–Kier alpha value is -2.43. The standard InChI is InChI=1S/C74H135NO3/c1-3-5-7-9-11-13-15-17-19-21-23-25-27-29-31-32-33-34-35-36-37-38-39-40-41-42-44-46-48-50-52-54-56-58-60-62-64-66-68-70-74(78)75-72(71-76)73(77)69-67-65-63-61-59-57-55-53-51-49-47-45-43-30-28-26-24-22-20-18-16-14-12-10-8-6-4-2/h5,7,11,13,17,19,23,25,29,31,59,61,67,69,72-73,76-77H,3-4,6,8-10,12,14-16,18,20-22,24,26-28,30,32-58,60,62-66,68,70-71H2,1-2H3,(H,75,78)/b7-5-,13-11-,19-17-,25-23-,31-29-,61-59+,69-67+. The van der Waals surface area contributed by atoms with Crippen LogP contribution >= 0.6 is 0 Å². The SMILES string of the molecule is CC/C=C\C/C=C\C/C=C\C/C=C\C/C=C\CCCCCCCCCCCCCCCCCCCCCCCCCC(=O)NC(CO)C(O)/C=C/CC/C=C/CCCCCCCCCCCCCCCCCCCCCCC. The highest BCUT2D eigenvalue weighted by atomic mass is 16.3. The molecule has 0 saturated carbocycles. The van der Waals surface area contributed by atoms with Gasteiger partial charge in [-0.1, -0.05) is 362 Å². The summed E-state index contributed by atoms with van der Waals surface area (Å²) in [6.07, 6.45) is 101. The summed E-state index contributed by atoms with van der Waals surface area (Å²) in [5.41, 5.74) is 0. The van der Waals surface area contributed by atoms with E-state index in [1.54, 1.807) is 6.08 Å². The molecule has 0 spiro atoms. The number of hydrogen-bond donors (Lipinski definition) is 3. The highest BCUT2D eigenvalue weighted by molar-refractivity contribution is 5.76. The fourth-order valence-corrected chi connectivity index (χ4v) is 10.6. The first-order valence-electron chi connectivity index (χ1n) is 34.8. The topological polar surface area (TPSA) is 69.6 Å². The van der Waals surface area contributed by atoms with E-state index in [-0.39, 0.29) is 12.5 Å². The lowest BCUT2D eigenvalue weighted by Crippen LogP contribution is -2.45. The molecule has 0 saturated heterocycles. The number of carbonyl (C=O) groups excluding carboxylic acids is 1. The Balaban J connectivity index is 3.46. The van der Waals surface area contributed by atoms with Crippen molar-refractivity contribution in [3.8, 4) is 0 Å². The minimum Gasteiger partial charge on any atom is -0.394 e. The third-order valence-corrected chi connectivity index (χ3v) is 15.9. The summed E-state index contributed by atoms with van der Waals surface area (Å²) < 4.78 is 0. The van der Waals surface area contributed by atoms with Crippen molar-refractivity contribution >= 4 is 5.91 Å². The van der Waals surface area contributed by atoms with E-state index < -0.39 is 12.1 Å². The Morgan fingerprint density at radius 3 is 0.897 bits per heavy atom. The van der Waals surface area contributed by atoms with Gasteiger partial charge in [0.1, 0.15) is 0 Å². The van der Waals surface area contributed by atoms with Crippen molar-refractivity contribution in [3.63, 3.8) is 0 Å². The van der Waals surface area contributed by atoms with Gasteiger partial charge in [0, 0.05) is 6.42 Å². The molecule has 4 nitrogen and oxygen atoms in total. The lowest BCUT2D eigenvalue weighted by Gasteiger charge is -2.19. The number of hydrogen-bond acceptors (Lipinski definition) is 3. The maximum atomic E-state index is 12.5. The number of aliphatic hydroxyl groups is 2. The summed E-state index contributed by atoms with van der Waals surface area (Å²) in [7, 11) is 0. The first kappa shape index (κ1) is 75.6. The van der Waals surface area contributed by atoms with Crippen molar-refractivity contribution in [2.24, 2.45) is 0 Å². The lowest BCUT2D eigenvalue weighted by molar-refractivity contribution is -0.123. The van der Waals surface area contributed by atoms with Crippen LogP contribution < -0.4 is 5.32 Å². The van der Waals surface area contributed by atoms with E-state index in [0.29, 0.717) is 6.42 Å². The predicted octanol–water partition coefficient (Wildman–Crippen LogP) is 23.8. The van der Waals surface area contributed by atoms with Crippen molar-refractivity contribution in [2.45, 2.75) is 373 Å². The second-order valence-corrected chi connectivity index (χ2v) is 23.6. The minimum absolute atomic E-state index is 0.0684. The smallest absolute Gasteiger partial charge is 0.220 e. The lowest BCUT2D eigenvalue weighted by atomic mass is 10.0. The van der Waals surface area contributed by atoms with Crippen molar-refractivity contribution in [2.75, 3.05) is 6.61 Å². The number of aliphatic hydroxyl groups excluding tert-OH is 2. The van der Waals surface area contributed by atoms with E-state index in [2.05, 4.69) is 92.1 Å². The maximum absolute atomic E-state index is 12.5. The molecule has 0 aromatic heterocycles. The third kappa shape index (κ3) is 64.4. The van der Waals surface area contributed by atoms with Gasteiger partial charge in [0.25, 0.3) is 0 Å². The highest BCUT2D eigenvalue weighted by Crippen LogP contribution is 2.18. The van der Waals surface area contributed by atoms with Crippen LogP contribution in [0.3, 0.4) is 0 Å². The predicted molar refractivity (Wildman–Crippen MR) is 350 cm³/mol. The number of unbranched alkanes of at least 4 members (excludes halogenated alkanes) is 45. The second-order valence-electron chi connectivity index (χ2n) is 23.6. The van der Waals surface area contributed by atoms with Gasteiger partial charge < -0.3 is 15.5 Å². The fraction of sp³-hybridized carbons (Fsp3) is 0.797. The summed E-state index contributed by atoms with van der Waals surface area (Å²) in [6.45, 7) is 4.22. The quantitative estimate of drug-likeness (QED) is 0.0420. The van der Waals surface area contributed by atoms with Gasteiger partial charge in [-0.25, -0.2) is 0 Å². The summed E-state index contributed by atoms with van der Waals surface area (Å²) in [5, 5.41) is 23.3. The zero-order valence-electron chi connectivity index (χ0n) is 52.4. The largest absolute Gasteiger partial charge is 0.394 e. The monoisotopic (exact) mass is 1090 g/mol. The van der Waals surface area contributed by atoms with Gasteiger partial charge >= 0.3 is 0 Å². The number of allylic oxidation sites excluding steroid dienone is 13. The van der Waals surface area contributed by atoms with Gasteiger partial charge in [-0.2, -0.15) is 0 Å². The van der Waals surface area contributed by atoms with E-state index in [4.69, 9.17) is 0 Å². The van der Waals surface area contributed by atoms with E-state index in [1.807, 2.05) is 6.08 Å². The van der Waals surface area contributed by atoms with Gasteiger partial charge in [-0.05, 0) is 77.0 Å². The molecule has 1 amide bonds. The first-order valence-corrected chi connectivity index (χ1v) is 34.8. The zero-order valence-corrected chi connectivity index (χ0v) is 52.4. The molecule has 0 fully saturated rings. The Morgan fingerprint density at radius 1 is 0.321 bits per heavy atom. The molecule has 2 atom stereocenters. The molecule has 0 aliphatic rings. The second kappa shape index (κ2) is 68.8. The van der Waals surface area contributed by atoms with Gasteiger partial charge in [-0.3, -0.25) is 4.79 Å². The average Bonchev–Trinajstić information content (AvgIpc) is 3.44. The highest BCUT2D eigenvalue weighted by Gasteiger charge is 2.18. The Kier molecular flexibility index (Phi) is 66.7. The molecule has 0 aromatic rings. The maximum Gasteiger partial charge on any atom is 0.220 e. The average molecular weight is 1090 g/mol. The van der Waals surface area contributed by atoms with Gasteiger partial charge in [0.2, 0.25) is 5.91 Å². The molecular weight excluding hydrogens is 951 g/mol. The number of nitrogens with one attached hydrogen (secondary N) is 1. The van der Waals surface area contributed by atoms with Crippen LogP contribution in [0.15, 0.2) is 85.1 Å². The Morgan fingerprint density at radius 2 is 0.577 bits per heavy atom. The van der Waals surface area contributed by atoms with Crippen molar-refractivity contribution in [1.29, 1.82) is 0 Å². The molecular formula is C74H135NO3. The van der Waals surface area contributed by atoms with Crippen LogP contribution in [0.2, 0.25) is 0 Å². The minimum atomic E-state index is -0.865. The van der Waals surface area contributed by atoms with Crippen LogP contribution in [0.25, 0.3) is 0 Å². The van der Waals surface area contributed by atoms with E-state index in [9.17, 15) is 15.0 Å². The van der Waals surface area contributed by atoms with Gasteiger partial charge in [0.05, 0.1) is 18.8 Å². The van der Waals surface area contributed by atoms with E-state index in [0.717, 1.165) is 64.2 Å². The Labute approximate surface area is 488 Å². The van der Waals surface area contributed by atoms with Crippen molar-refractivity contribution in [3.05, 3.63) is 85.1 Å². The van der Waals surface area contributed by atoms with Crippen LogP contribution in [0.5, 0.6) is 0 Å². The number of amides is 1. The zero-order chi connectivity index (χ0) is 56.2. The number of rotatable bonds is 64. The summed E-state index contributed by atoms with van der Waals surface area (Å²) >= 11 is 0. The molecule has 0 aromatic carbocycles. The van der Waals surface area contributed by atoms with E-state index in [1.165, 1.54) is 276 Å². The van der Waals surface area contributed by atoms with Crippen LogP contribution in [0.4, 0.5) is 0 Å². The van der Waals surface area contributed by atoms with Crippen molar-refractivity contribution in [1.82, 2.24) is 5.32 Å². The molecule has 0 radical (unpaired) electrons. The molecule has 0 aliphatic carbocycles. The molecule has 0 bridgehead atoms. The van der Waals surface area contributed by atoms with E-state index >= 15 is 0 Å². The Bertz CT molecular complexity index is 1370. The van der Waals surface area contributed by atoms with Crippen LogP contribution in [-0.4, -0.2) is 34.9 Å². The summed E-state index contributed by atoms with van der Waals surface area (Å²) in [6, 6.07) is -0.642. The summed E-state index contributed by atoms with van der Waals surface area (Å²) in [5.74, 6) is -0.0684. The third-order valence-electron chi connectivity index (χ3n) is 15.9. The summed E-state index contributed by atoms with van der Waals surface area (Å²) in [4.78, 5) is 12.5. The van der Waals surface area contributed by atoms with Crippen molar-refractivity contribution < 1.29 is 15.0 Å². The molecule has 3 N–H and O–H groups in total. The molecule has 0 heterocycles. The van der Waals surface area contributed by atoms with Crippen LogP contribution in [-0.2, 0) is 4.79 Å². The normalized spacial score (nSPS) is 13.2. The first-order chi connectivity index (χ1) is 38.7. The van der Waals surface area contributed by atoms with Crippen LogP contribution in [0, 0.1) is 0 Å². The molecule has 4 heteroatoms. The molecule has 2 unspecified atom stereocenters. The molecule has 454 valence electrons.